The smallest absolute Gasteiger partial charge is 0.243 e. The standard InChI is InChI=1S/C31H48N6O6/c1-18(2)14-24-30(41)35-25(15-21-9-11-22(43-6)12-10-21)29(40)33-20(5)28(39)36-26(19(3)4)16-37(17-27(38)34-24)31(42)23-8-7-13-32-23/h9-12,18-20,23-26,32H,7-8,13-17H2,1-6H3,(H,33,40)(H,34,38)(H,35,41)(H,36,39)/t20-,23-,24+,25+,26-/m1/s1. The average Bonchev–Trinajstić information content (AvgIpc) is 3.49. The molecule has 0 bridgehead atoms. The van der Waals surface area contributed by atoms with Crippen molar-refractivity contribution in [2.45, 2.75) is 90.5 Å². The number of carbonyl (C=O) groups is 5. The number of benzene rings is 1. The molecule has 5 atom stereocenters. The topological polar surface area (TPSA) is 158 Å². The van der Waals surface area contributed by atoms with Gasteiger partial charge in [-0.05, 0) is 62.3 Å². The summed E-state index contributed by atoms with van der Waals surface area (Å²) in [5.74, 6) is -1.54. The SMILES string of the molecule is COc1ccc(C[C@@H]2NC(=O)[C@H](CC(C)C)NC(=O)CN(C(=O)[C@H]3CCCN3)C[C@H](C(C)C)NC(=O)[C@@H](C)NC2=O)cc1. The summed E-state index contributed by atoms with van der Waals surface area (Å²) in [5.41, 5.74) is 0.773. The van der Waals surface area contributed by atoms with Gasteiger partial charge >= 0.3 is 0 Å². The number of carbonyl (C=O) groups excluding carboxylic acids is 5. The maximum absolute atomic E-state index is 13.6. The van der Waals surface area contributed by atoms with Gasteiger partial charge in [0.05, 0.1) is 19.7 Å². The Morgan fingerprint density at radius 2 is 1.60 bits per heavy atom. The number of methoxy groups -OCH3 is 1. The lowest BCUT2D eigenvalue weighted by atomic mass is 10.0. The number of hydrogen-bond acceptors (Lipinski definition) is 7. The maximum Gasteiger partial charge on any atom is 0.243 e. The van der Waals surface area contributed by atoms with E-state index in [1.807, 2.05) is 27.7 Å². The molecule has 1 aromatic carbocycles. The predicted octanol–water partition coefficient (Wildman–Crippen LogP) is 0.493. The molecule has 2 saturated heterocycles. The van der Waals surface area contributed by atoms with E-state index in [1.54, 1.807) is 38.3 Å². The number of amides is 5. The normalized spacial score (nSPS) is 26.2. The molecule has 2 aliphatic rings. The molecule has 238 valence electrons. The van der Waals surface area contributed by atoms with E-state index < -0.39 is 53.8 Å². The van der Waals surface area contributed by atoms with E-state index in [0.717, 1.165) is 12.0 Å². The Kier molecular flexibility index (Phi) is 12.4. The first kappa shape index (κ1) is 33.8. The molecule has 2 fully saturated rings. The van der Waals surface area contributed by atoms with E-state index in [-0.39, 0.29) is 37.3 Å². The summed E-state index contributed by atoms with van der Waals surface area (Å²) in [7, 11) is 1.56. The van der Waals surface area contributed by atoms with Crippen LogP contribution in [0.25, 0.3) is 0 Å². The van der Waals surface area contributed by atoms with Crippen LogP contribution in [0.3, 0.4) is 0 Å². The number of nitrogens with zero attached hydrogens (tertiary/aromatic N) is 1. The molecular weight excluding hydrogens is 552 g/mol. The first-order chi connectivity index (χ1) is 20.4. The van der Waals surface area contributed by atoms with Gasteiger partial charge in [0, 0.05) is 19.0 Å². The van der Waals surface area contributed by atoms with Gasteiger partial charge < -0.3 is 36.2 Å². The van der Waals surface area contributed by atoms with E-state index in [4.69, 9.17) is 4.74 Å². The summed E-state index contributed by atoms with van der Waals surface area (Å²) in [6.07, 6.45) is 2.00. The minimum Gasteiger partial charge on any atom is -0.497 e. The Labute approximate surface area is 254 Å². The molecule has 5 N–H and O–H groups in total. The summed E-state index contributed by atoms with van der Waals surface area (Å²) < 4.78 is 5.22. The molecule has 0 saturated carbocycles. The molecule has 0 spiro atoms. The lowest BCUT2D eigenvalue weighted by Crippen LogP contribution is -2.57. The molecule has 0 aromatic heterocycles. The highest BCUT2D eigenvalue weighted by Gasteiger charge is 2.34. The van der Waals surface area contributed by atoms with Gasteiger partial charge in [-0.2, -0.15) is 0 Å². The van der Waals surface area contributed by atoms with Gasteiger partial charge in [-0.15, -0.1) is 0 Å². The molecule has 1 aromatic rings. The van der Waals surface area contributed by atoms with Crippen molar-refractivity contribution in [3.8, 4) is 5.75 Å². The highest BCUT2D eigenvalue weighted by Crippen LogP contribution is 2.15. The summed E-state index contributed by atoms with van der Waals surface area (Å²) in [6, 6.07) is 3.38. The molecule has 2 heterocycles. The predicted molar refractivity (Wildman–Crippen MR) is 162 cm³/mol. The minimum atomic E-state index is -1.01. The largest absolute Gasteiger partial charge is 0.497 e. The summed E-state index contributed by atoms with van der Waals surface area (Å²) in [4.78, 5) is 68.7. The summed E-state index contributed by atoms with van der Waals surface area (Å²) >= 11 is 0. The van der Waals surface area contributed by atoms with Gasteiger partial charge in [0.1, 0.15) is 23.9 Å². The lowest BCUT2D eigenvalue weighted by molar-refractivity contribution is -0.139. The van der Waals surface area contributed by atoms with E-state index >= 15 is 0 Å². The Hall–Kier alpha value is -3.67. The van der Waals surface area contributed by atoms with Gasteiger partial charge in [0.15, 0.2) is 0 Å². The van der Waals surface area contributed by atoms with Crippen molar-refractivity contribution < 1.29 is 28.7 Å². The van der Waals surface area contributed by atoms with Crippen molar-refractivity contribution in [3.63, 3.8) is 0 Å². The third-order valence-electron chi connectivity index (χ3n) is 7.90. The van der Waals surface area contributed by atoms with E-state index in [9.17, 15) is 24.0 Å². The first-order valence-corrected chi connectivity index (χ1v) is 15.2. The molecule has 2 aliphatic heterocycles. The van der Waals surface area contributed by atoms with Crippen LogP contribution in [0, 0.1) is 11.8 Å². The zero-order chi connectivity index (χ0) is 31.7. The fourth-order valence-corrected chi connectivity index (χ4v) is 5.29. The Morgan fingerprint density at radius 1 is 0.930 bits per heavy atom. The number of ether oxygens (including phenoxy) is 1. The van der Waals surface area contributed by atoms with Crippen molar-refractivity contribution in [1.29, 1.82) is 0 Å². The fraction of sp³-hybridized carbons (Fsp3) is 0.645. The van der Waals surface area contributed by atoms with Crippen LogP contribution < -0.4 is 31.3 Å². The minimum absolute atomic E-state index is 0.0552. The molecule has 0 aliphatic carbocycles. The van der Waals surface area contributed by atoms with Crippen molar-refractivity contribution in [1.82, 2.24) is 31.5 Å². The van der Waals surface area contributed by atoms with Crippen LogP contribution in [0.15, 0.2) is 24.3 Å². The van der Waals surface area contributed by atoms with Gasteiger partial charge in [-0.3, -0.25) is 24.0 Å². The van der Waals surface area contributed by atoms with Crippen molar-refractivity contribution in [3.05, 3.63) is 29.8 Å². The summed E-state index contributed by atoms with van der Waals surface area (Å²) in [5, 5.41) is 14.5. The molecule has 0 radical (unpaired) electrons. The quantitative estimate of drug-likeness (QED) is 0.305. The molecule has 5 amide bonds. The Bertz CT molecular complexity index is 1130. The van der Waals surface area contributed by atoms with Crippen LogP contribution in [0.1, 0.15) is 59.4 Å². The number of rotatable bonds is 7. The number of hydrogen-bond donors (Lipinski definition) is 5. The zero-order valence-electron chi connectivity index (χ0n) is 26.2. The van der Waals surface area contributed by atoms with Crippen LogP contribution in [0.5, 0.6) is 5.75 Å². The summed E-state index contributed by atoms with van der Waals surface area (Å²) in [6.45, 7) is 9.85. The third-order valence-corrected chi connectivity index (χ3v) is 7.90. The van der Waals surface area contributed by atoms with Crippen LogP contribution in [0.2, 0.25) is 0 Å². The second-order valence-electron chi connectivity index (χ2n) is 12.3. The zero-order valence-corrected chi connectivity index (χ0v) is 26.2. The van der Waals surface area contributed by atoms with Crippen LogP contribution in [0.4, 0.5) is 0 Å². The lowest BCUT2D eigenvalue weighted by Gasteiger charge is -2.32. The van der Waals surface area contributed by atoms with E-state index in [0.29, 0.717) is 25.1 Å². The van der Waals surface area contributed by atoms with Crippen molar-refractivity contribution in [2.75, 3.05) is 26.7 Å². The second kappa shape index (κ2) is 15.7. The molecule has 12 heteroatoms. The Balaban J connectivity index is 1.95. The van der Waals surface area contributed by atoms with Crippen molar-refractivity contribution in [2.24, 2.45) is 11.8 Å². The maximum atomic E-state index is 13.6. The van der Waals surface area contributed by atoms with Gasteiger partial charge in [0.25, 0.3) is 0 Å². The van der Waals surface area contributed by atoms with E-state index in [2.05, 4.69) is 26.6 Å². The van der Waals surface area contributed by atoms with Gasteiger partial charge in [-0.25, -0.2) is 0 Å². The molecule has 0 unspecified atom stereocenters. The molecular formula is C31H48N6O6. The molecule has 43 heavy (non-hydrogen) atoms. The highest BCUT2D eigenvalue weighted by molar-refractivity contribution is 5.95. The van der Waals surface area contributed by atoms with E-state index in [1.165, 1.54) is 4.90 Å². The molecule has 3 rings (SSSR count). The van der Waals surface area contributed by atoms with Gasteiger partial charge in [-0.1, -0.05) is 39.8 Å². The van der Waals surface area contributed by atoms with Crippen LogP contribution in [-0.4, -0.2) is 91.4 Å². The second-order valence-corrected chi connectivity index (χ2v) is 12.3. The number of nitrogens with one attached hydrogen (secondary N) is 5. The Morgan fingerprint density at radius 3 is 2.19 bits per heavy atom. The van der Waals surface area contributed by atoms with Crippen LogP contribution in [-0.2, 0) is 30.4 Å². The third kappa shape index (κ3) is 9.94. The first-order valence-electron chi connectivity index (χ1n) is 15.2. The average molecular weight is 601 g/mol. The van der Waals surface area contributed by atoms with Crippen molar-refractivity contribution >= 4 is 29.5 Å². The highest BCUT2D eigenvalue weighted by atomic mass is 16.5. The fourth-order valence-electron chi connectivity index (χ4n) is 5.29. The van der Waals surface area contributed by atoms with Gasteiger partial charge in [0.2, 0.25) is 29.5 Å². The van der Waals surface area contributed by atoms with Crippen LogP contribution >= 0.6 is 0 Å². The monoisotopic (exact) mass is 600 g/mol. The molecule has 12 nitrogen and oxygen atoms in total.